The molecule has 1 saturated heterocycles. The molecule has 0 bridgehead atoms. The van der Waals surface area contributed by atoms with E-state index in [2.05, 4.69) is 9.18 Å². The summed E-state index contributed by atoms with van der Waals surface area (Å²) in [7, 11) is 1.56. The van der Waals surface area contributed by atoms with E-state index in [1.54, 1.807) is 13.1 Å². The Hall–Kier alpha value is -0.990. The summed E-state index contributed by atoms with van der Waals surface area (Å²) in [5.41, 5.74) is 1.82. The van der Waals surface area contributed by atoms with Gasteiger partial charge in [-0.15, -0.1) is 0 Å². The second-order valence-electron chi connectivity index (χ2n) is 4.33. The van der Waals surface area contributed by atoms with Crippen molar-refractivity contribution in [1.29, 1.82) is 0 Å². The molecule has 1 aliphatic rings. The lowest BCUT2D eigenvalue weighted by Gasteiger charge is -2.27. The first-order valence-corrected chi connectivity index (χ1v) is 7.05. The van der Waals surface area contributed by atoms with Crippen LogP contribution in [-0.2, 0) is 26.9 Å². The number of hydroxylamine groups is 1. The highest BCUT2D eigenvalue weighted by Crippen LogP contribution is 2.17. The summed E-state index contributed by atoms with van der Waals surface area (Å²) in [6.07, 6.45) is 0. The number of hydrogen-bond donors (Lipinski definition) is 0. The highest BCUT2D eigenvalue weighted by molar-refractivity contribution is 7.74. The standard InChI is InChI=1S/C12H18N2O4S/c1-13(18-19(15)16)12-4-2-3-11(9-12)10-14-5-7-17-8-6-14/h2-4,9H,5-8,10H2,1H3,(H,15,16)/p-1. The third kappa shape index (κ3) is 4.55. The number of rotatable bonds is 5. The maximum atomic E-state index is 10.5. The molecule has 1 aromatic carbocycles. The van der Waals surface area contributed by atoms with Crippen molar-refractivity contribution >= 4 is 17.0 Å². The quantitative estimate of drug-likeness (QED) is 0.585. The molecule has 0 aromatic heterocycles. The summed E-state index contributed by atoms with van der Waals surface area (Å²) in [6, 6.07) is 7.62. The van der Waals surface area contributed by atoms with Crippen LogP contribution in [0.4, 0.5) is 5.69 Å². The zero-order valence-electron chi connectivity index (χ0n) is 10.8. The van der Waals surface area contributed by atoms with Gasteiger partial charge in [0, 0.05) is 26.7 Å². The average Bonchev–Trinajstić information content (AvgIpc) is 2.39. The van der Waals surface area contributed by atoms with Gasteiger partial charge in [-0.05, 0) is 17.7 Å². The van der Waals surface area contributed by atoms with Crippen molar-refractivity contribution < 1.29 is 17.8 Å². The van der Waals surface area contributed by atoms with Gasteiger partial charge in [-0.2, -0.15) is 4.28 Å². The van der Waals surface area contributed by atoms with Crippen molar-refractivity contribution in [2.24, 2.45) is 0 Å². The first-order chi connectivity index (χ1) is 9.15. The van der Waals surface area contributed by atoms with E-state index in [0.29, 0.717) is 5.69 Å². The van der Waals surface area contributed by atoms with E-state index in [1.165, 1.54) is 5.06 Å². The van der Waals surface area contributed by atoms with Crippen molar-refractivity contribution in [1.82, 2.24) is 4.90 Å². The Bertz CT molecular complexity index is 437. The zero-order chi connectivity index (χ0) is 13.7. The van der Waals surface area contributed by atoms with Crippen LogP contribution < -0.4 is 5.06 Å². The van der Waals surface area contributed by atoms with Crippen molar-refractivity contribution in [3.05, 3.63) is 29.8 Å². The molecule has 1 atom stereocenters. The lowest BCUT2D eigenvalue weighted by atomic mass is 10.2. The van der Waals surface area contributed by atoms with Crippen LogP contribution in [0, 0.1) is 0 Å². The van der Waals surface area contributed by atoms with Gasteiger partial charge in [0.1, 0.15) is 11.4 Å². The van der Waals surface area contributed by atoms with Crippen molar-refractivity contribution in [3.63, 3.8) is 0 Å². The number of nitrogens with zero attached hydrogens (tertiary/aromatic N) is 2. The molecule has 1 heterocycles. The molecule has 1 aromatic rings. The first kappa shape index (κ1) is 14.4. The van der Waals surface area contributed by atoms with Crippen LogP contribution in [0.5, 0.6) is 0 Å². The molecule has 106 valence electrons. The van der Waals surface area contributed by atoms with E-state index in [0.717, 1.165) is 38.4 Å². The highest BCUT2D eigenvalue weighted by atomic mass is 32.2. The third-order valence-corrected chi connectivity index (χ3v) is 3.30. The van der Waals surface area contributed by atoms with Gasteiger partial charge in [-0.25, -0.2) is 9.27 Å². The van der Waals surface area contributed by atoms with Crippen LogP contribution in [0.1, 0.15) is 5.56 Å². The zero-order valence-corrected chi connectivity index (χ0v) is 11.6. The van der Waals surface area contributed by atoms with Crippen LogP contribution in [0.2, 0.25) is 0 Å². The van der Waals surface area contributed by atoms with Crippen LogP contribution in [0.3, 0.4) is 0 Å². The van der Waals surface area contributed by atoms with Crippen molar-refractivity contribution in [3.8, 4) is 0 Å². The van der Waals surface area contributed by atoms with Gasteiger partial charge in [0.15, 0.2) is 0 Å². The first-order valence-electron chi connectivity index (χ1n) is 6.05. The molecule has 1 aliphatic heterocycles. The summed E-state index contributed by atoms with van der Waals surface area (Å²) < 4.78 is 30.9. The predicted molar refractivity (Wildman–Crippen MR) is 70.9 cm³/mol. The largest absolute Gasteiger partial charge is 0.748 e. The Morgan fingerprint density at radius 1 is 1.47 bits per heavy atom. The summed E-state index contributed by atoms with van der Waals surface area (Å²) >= 11 is -2.56. The number of ether oxygens (including phenoxy) is 1. The monoisotopic (exact) mass is 285 g/mol. The molecule has 0 aliphatic carbocycles. The molecule has 19 heavy (non-hydrogen) atoms. The number of anilines is 1. The minimum absolute atomic E-state index is 0.704. The summed E-state index contributed by atoms with van der Waals surface area (Å²) in [5.74, 6) is 0. The van der Waals surface area contributed by atoms with Crippen molar-refractivity contribution in [2.45, 2.75) is 6.54 Å². The second kappa shape index (κ2) is 6.97. The number of hydrogen-bond acceptors (Lipinski definition) is 6. The van der Waals surface area contributed by atoms with Gasteiger partial charge < -0.3 is 9.29 Å². The smallest absolute Gasteiger partial charge is 0.112 e. The molecule has 0 saturated carbocycles. The van der Waals surface area contributed by atoms with Gasteiger partial charge in [-0.1, -0.05) is 12.1 Å². The molecule has 0 spiro atoms. The lowest BCUT2D eigenvalue weighted by Crippen LogP contribution is -2.35. The molecule has 0 amide bonds. The average molecular weight is 285 g/mol. The minimum Gasteiger partial charge on any atom is -0.748 e. The van der Waals surface area contributed by atoms with Crippen LogP contribution in [0.25, 0.3) is 0 Å². The Balaban J connectivity index is 1.99. The van der Waals surface area contributed by atoms with Gasteiger partial charge in [0.25, 0.3) is 0 Å². The van der Waals surface area contributed by atoms with Crippen molar-refractivity contribution in [2.75, 3.05) is 38.4 Å². The van der Waals surface area contributed by atoms with E-state index < -0.39 is 11.4 Å². The lowest BCUT2D eigenvalue weighted by molar-refractivity contribution is 0.0342. The fourth-order valence-corrected chi connectivity index (χ4v) is 2.27. The molecular weight excluding hydrogens is 268 g/mol. The second-order valence-corrected chi connectivity index (χ2v) is 4.89. The topological polar surface area (TPSA) is 65.1 Å². The number of benzene rings is 1. The van der Waals surface area contributed by atoms with Gasteiger partial charge in [0.2, 0.25) is 0 Å². The Kier molecular flexibility index (Phi) is 5.29. The maximum absolute atomic E-state index is 10.5. The van der Waals surface area contributed by atoms with Crippen LogP contribution in [0.15, 0.2) is 24.3 Å². The predicted octanol–water partition coefficient (Wildman–Crippen LogP) is 0.681. The third-order valence-electron chi connectivity index (χ3n) is 2.96. The normalized spacial score (nSPS) is 18.2. The fourth-order valence-electron chi connectivity index (χ4n) is 2.00. The molecule has 6 nitrogen and oxygen atoms in total. The Morgan fingerprint density at radius 2 is 2.21 bits per heavy atom. The number of morpholine rings is 1. The molecule has 2 rings (SSSR count). The fraction of sp³-hybridized carbons (Fsp3) is 0.500. The van der Waals surface area contributed by atoms with Crippen LogP contribution in [-0.4, -0.2) is 47.0 Å². The molecule has 7 heteroatoms. The van der Waals surface area contributed by atoms with Gasteiger partial charge in [0.05, 0.1) is 18.9 Å². The molecular formula is C12H17N2O4S-. The van der Waals surface area contributed by atoms with E-state index in [9.17, 15) is 8.76 Å². The molecule has 0 radical (unpaired) electrons. The Morgan fingerprint density at radius 3 is 2.89 bits per heavy atom. The SMILES string of the molecule is CN(OS(=O)[O-])c1cccc(CN2CCOCC2)c1. The van der Waals surface area contributed by atoms with E-state index in [1.807, 2.05) is 18.2 Å². The van der Waals surface area contributed by atoms with Crippen LogP contribution >= 0.6 is 0 Å². The summed E-state index contributed by atoms with van der Waals surface area (Å²) in [5, 5.41) is 1.23. The van der Waals surface area contributed by atoms with E-state index in [-0.39, 0.29) is 0 Å². The molecule has 1 unspecified atom stereocenters. The van der Waals surface area contributed by atoms with Gasteiger partial charge >= 0.3 is 0 Å². The summed E-state index contributed by atoms with van der Waals surface area (Å²) in [4.78, 5) is 2.30. The summed E-state index contributed by atoms with van der Waals surface area (Å²) in [6.45, 7) is 4.18. The molecule has 0 N–H and O–H groups in total. The van der Waals surface area contributed by atoms with Gasteiger partial charge in [-0.3, -0.25) is 4.90 Å². The molecule has 1 fully saturated rings. The van der Waals surface area contributed by atoms with E-state index >= 15 is 0 Å². The highest BCUT2D eigenvalue weighted by Gasteiger charge is 2.11. The van der Waals surface area contributed by atoms with E-state index in [4.69, 9.17) is 4.74 Å². The Labute approximate surface area is 115 Å². The minimum atomic E-state index is -2.56. The maximum Gasteiger partial charge on any atom is 0.112 e.